The van der Waals surface area contributed by atoms with Crippen LogP contribution in [0, 0.1) is 5.92 Å². The minimum absolute atomic E-state index is 0.0103. The van der Waals surface area contributed by atoms with Crippen molar-refractivity contribution < 1.29 is 9.53 Å². The molecule has 0 aromatic rings. The molecular formula is C15H28N2O2S. The maximum absolute atomic E-state index is 12.0. The van der Waals surface area contributed by atoms with Gasteiger partial charge in [-0.05, 0) is 38.0 Å². The SMILES string of the molecule is CCCOCCC(=O)NC1(C(N)=S)CCC(CC)CC1. The van der Waals surface area contributed by atoms with Gasteiger partial charge in [0.05, 0.1) is 17.1 Å². The first kappa shape index (κ1) is 17.4. The first-order valence-corrected chi connectivity index (χ1v) is 8.13. The number of nitrogens with two attached hydrogens (primary N) is 1. The molecule has 0 unspecified atom stereocenters. The van der Waals surface area contributed by atoms with Crippen molar-refractivity contribution in [1.29, 1.82) is 0 Å². The molecule has 0 radical (unpaired) electrons. The van der Waals surface area contributed by atoms with Crippen molar-refractivity contribution in [2.75, 3.05) is 13.2 Å². The average Bonchev–Trinajstić information content (AvgIpc) is 2.44. The van der Waals surface area contributed by atoms with E-state index in [0.29, 0.717) is 24.6 Å². The molecule has 5 heteroatoms. The summed E-state index contributed by atoms with van der Waals surface area (Å²) in [5, 5.41) is 3.07. The van der Waals surface area contributed by atoms with E-state index in [1.54, 1.807) is 0 Å². The minimum Gasteiger partial charge on any atom is -0.391 e. The minimum atomic E-state index is -0.469. The molecule has 0 aromatic carbocycles. The van der Waals surface area contributed by atoms with E-state index in [0.717, 1.165) is 38.0 Å². The summed E-state index contributed by atoms with van der Waals surface area (Å²) in [4.78, 5) is 12.5. The fourth-order valence-corrected chi connectivity index (χ4v) is 3.01. The molecule has 20 heavy (non-hydrogen) atoms. The molecule has 0 bridgehead atoms. The summed E-state index contributed by atoms with van der Waals surface area (Å²) in [5.41, 5.74) is 5.43. The number of hydrogen-bond acceptors (Lipinski definition) is 3. The number of carbonyl (C=O) groups is 1. The van der Waals surface area contributed by atoms with Gasteiger partial charge in [-0.3, -0.25) is 4.79 Å². The van der Waals surface area contributed by atoms with Crippen LogP contribution in [0.25, 0.3) is 0 Å². The van der Waals surface area contributed by atoms with E-state index in [2.05, 4.69) is 12.2 Å². The van der Waals surface area contributed by atoms with Crippen LogP contribution in [-0.2, 0) is 9.53 Å². The summed E-state index contributed by atoms with van der Waals surface area (Å²) in [6.07, 6.45) is 6.43. The Morgan fingerprint density at radius 2 is 2.00 bits per heavy atom. The molecule has 1 amide bonds. The number of thiocarbonyl (C=S) groups is 1. The zero-order chi connectivity index (χ0) is 15.0. The Bertz CT molecular complexity index is 326. The average molecular weight is 300 g/mol. The fraction of sp³-hybridized carbons (Fsp3) is 0.867. The van der Waals surface area contributed by atoms with Crippen molar-refractivity contribution in [1.82, 2.24) is 5.32 Å². The lowest BCUT2D eigenvalue weighted by atomic mass is 9.75. The molecule has 1 saturated carbocycles. The summed E-state index contributed by atoms with van der Waals surface area (Å²) in [7, 11) is 0. The van der Waals surface area contributed by atoms with Crippen molar-refractivity contribution in [3.05, 3.63) is 0 Å². The highest BCUT2D eigenvalue weighted by Gasteiger charge is 2.38. The van der Waals surface area contributed by atoms with Gasteiger partial charge in [0, 0.05) is 13.0 Å². The van der Waals surface area contributed by atoms with E-state index in [9.17, 15) is 4.79 Å². The van der Waals surface area contributed by atoms with Crippen LogP contribution >= 0.6 is 12.2 Å². The molecule has 1 aliphatic rings. The van der Waals surface area contributed by atoms with E-state index < -0.39 is 5.54 Å². The third-order valence-electron chi connectivity index (χ3n) is 4.21. The largest absolute Gasteiger partial charge is 0.391 e. The van der Waals surface area contributed by atoms with Crippen LogP contribution < -0.4 is 11.1 Å². The van der Waals surface area contributed by atoms with Gasteiger partial charge in [0.15, 0.2) is 0 Å². The van der Waals surface area contributed by atoms with E-state index in [-0.39, 0.29) is 5.91 Å². The first-order valence-electron chi connectivity index (χ1n) is 7.72. The molecule has 1 fully saturated rings. The van der Waals surface area contributed by atoms with Gasteiger partial charge in [0.2, 0.25) is 5.91 Å². The van der Waals surface area contributed by atoms with Crippen LogP contribution in [0.2, 0.25) is 0 Å². The highest BCUT2D eigenvalue weighted by molar-refractivity contribution is 7.80. The van der Waals surface area contributed by atoms with E-state index in [1.807, 2.05) is 6.92 Å². The van der Waals surface area contributed by atoms with Crippen LogP contribution in [0.5, 0.6) is 0 Å². The number of carbonyl (C=O) groups excluding carboxylic acids is 1. The summed E-state index contributed by atoms with van der Waals surface area (Å²) in [6.45, 7) is 5.42. The normalized spacial score (nSPS) is 26.2. The first-order chi connectivity index (χ1) is 9.54. The molecule has 0 aliphatic heterocycles. The predicted octanol–water partition coefficient (Wildman–Crippen LogP) is 2.54. The molecule has 1 rings (SSSR count). The van der Waals surface area contributed by atoms with Crippen molar-refractivity contribution in [3.63, 3.8) is 0 Å². The molecule has 0 saturated heterocycles. The number of ether oxygens (including phenoxy) is 1. The summed E-state index contributed by atoms with van der Waals surface area (Å²) in [6, 6.07) is 0. The van der Waals surface area contributed by atoms with Gasteiger partial charge in [0.1, 0.15) is 0 Å². The van der Waals surface area contributed by atoms with Gasteiger partial charge in [-0.15, -0.1) is 0 Å². The summed E-state index contributed by atoms with van der Waals surface area (Å²) < 4.78 is 5.35. The highest BCUT2D eigenvalue weighted by Crippen LogP contribution is 2.34. The van der Waals surface area contributed by atoms with Crippen LogP contribution in [0.15, 0.2) is 0 Å². The predicted molar refractivity (Wildman–Crippen MR) is 85.6 cm³/mol. The van der Waals surface area contributed by atoms with Crippen molar-refractivity contribution >= 4 is 23.1 Å². The quantitative estimate of drug-likeness (QED) is 0.534. The van der Waals surface area contributed by atoms with Crippen molar-refractivity contribution in [2.24, 2.45) is 11.7 Å². The molecule has 116 valence electrons. The van der Waals surface area contributed by atoms with Gasteiger partial charge in [-0.1, -0.05) is 32.5 Å². The molecule has 1 aliphatic carbocycles. The Hall–Kier alpha value is -0.680. The second kappa shape index (κ2) is 8.57. The standard InChI is InChI=1S/C15H28N2O2S/c1-3-10-19-11-7-13(18)17-15(14(16)20)8-5-12(4-2)6-9-15/h12H,3-11H2,1-2H3,(H2,16,20)(H,17,18). The number of nitrogens with one attached hydrogen (secondary N) is 1. The van der Waals surface area contributed by atoms with E-state index >= 15 is 0 Å². The molecule has 4 nitrogen and oxygen atoms in total. The lowest BCUT2D eigenvalue weighted by Gasteiger charge is -2.40. The Labute approximate surface area is 127 Å². The third-order valence-corrected chi connectivity index (χ3v) is 4.60. The summed E-state index contributed by atoms with van der Waals surface area (Å²) >= 11 is 5.21. The number of rotatable bonds is 8. The smallest absolute Gasteiger partial charge is 0.223 e. The Balaban J connectivity index is 2.47. The zero-order valence-corrected chi connectivity index (χ0v) is 13.6. The lowest BCUT2D eigenvalue weighted by molar-refractivity contribution is -0.123. The van der Waals surface area contributed by atoms with Crippen LogP contribution in [0.4, 0.5) is 0 Å². The second-order valence-electron chi connectivity index (χ2n) is 5.71. The molecule has 0 spiro atoms. The van der Waals surface area contributed by atoms with E-state index in [4.69, 9.17) is 22.7 Å². The third kappa shape index (κ3) is 5.02. The van der Waals surface area contributed by atoms with Gasteiger partial charge in [-0.2, -0.15) is 0 Å². The summed E-state index contributed by atoms with van der Waals surface area (Å²) in [5.74, 6) is 0.728. The van der Waals surface area contributed by atoms with E-state index in [1.165, 1.54) is 6.42 Å². The second-order valence-corrected chi connectivity index (χ2v) is 6.15. The fourth-order valence-electron chi connectivity index (χ4n) is 2.75. The van der Waals surface area contributed by atoms with Crippen LogP contribution in [0.1, 0.15) is 58.8 Å². The maximum Gasteiger partial charge on any atom is 0.223 e. The van der Waals surface area contributed by atoms with Crippen LogP contribution in [-0.4, -0.2) is 29.6 Å². The molecule has 0 aromatic heterocycles. The number of amides is 1. The van der Waals surface area contributed by atoms with Crippen molar-refractivity contribution in [2.45, 2.75) is 64.3 Å². The molecular weight excluding hydrogens is 272 g/mol. The monoisotopic (exact) mass is 300 g/mol. The Morgan fingerprint density at radius 3 is 2.50 bits per heavy atom. The van der Waals surface area contributed by atoms with Gasteiger partial charge < -0.3 is 15.8 Å². The molecule has 0 heterocycles. The van der Waals surface area contributed by atoms with Crippen molar-refractivity contribution in [3.8, 4) is 0 Å². The van der Waals surface area contributed by atoms with Crippen LogP contribution in [0.3, 0.4) is 0 Å². The maximum atomic E-state index is 12.0. The lowest BCUT2D eigenvalue weighted by Crippen LogP contribution is -2.58. The molecule has 0 atom stereocenters. The highest BCUT2D eigenvalue weighted by atomic mass is 32.1. The number of hydrogen-bond donors (Lipinski definition) is 2. The topological polar surface area (TPSA) is 64.3 Å². The molecule has 3 N–H and O–H groups in total. The van der Waals surface area contributed by atoms with Gasteiger partial charge in [-0.25, -0.2) is 0 Å². The van der Waals surface area contributed by atoms with Gasteiger partial charge >= 0.3 is 0 Å². The Morgan fingerprint density at radius 1 is 1.35 bits per heavy atom. The van der Waals surface area contributed by atoms with Gasteiger partial charge in [0.25, 0.3) is 0 Å². The Kier molecular flexibility index (Phi) is 7.45. The zero-order valence-electron chi connectivity index (χ0n) is 12.7.